The summed E-state index contributed by atoms with van der Waals surface area (Å²) in [6, 6.07) is 0. The highest BCUT2D eigenvalue weighted by Crippen LogP contribution is 2.17. The monoisotopic (exact) mass is 181 g/mol. The molecule has 0 saturated heterocycles. The fourth-order valence-corrected chi connectivity index (χ4v) is 0.999. The van der Waals surface area contributed by atoms with Gasteiger partial charge in [-0.3, -0.25) is 14.8 Å². The average Bonchev–Trinajstić information content (AvgIpc) is 2.04. The Morgan fingerprint density at radius 2 is 2.38 bits per heavy atom. The van der Waals surface area contributed by atoms with Crippen LogP contribution in [0.4, 0.5) is 0 Å². The van der Waals surface area contributed by atoms with Gasteiger partial charge in [-0.25, -0.2) is 0 Å². The van der Waals surface area contributed by atoms with Crippen LogP contribution in [-0.2, 0) is 10.3 Å². The fourth-order valence-electron chi connectivity index (χ4n) is 0.999. The lowest BCUT2D eigenvalue weighted by Crippen LogP contribution is -2.36. The molecular weight excluding hydrogens is 170 g/mol. The predicted octanol–water partition coefficient (Wildman–Crippen LogP) is 0.125. The van der Waals surface area contributed by atoms with Crippen LogP contribution in [0.5, 0.6) is 0 Å². The number of carboxylic acids is 1. The van der Waals surface area contributed by atoms with E-state index in [9.17, 15) is 4.79 Å². The second-order valence-corrected chi connectivity index (χ2v) is 3.08. The van der Waals surface area contributed by atoms with Gasteiger partial charge in [0, 0.05) is 12.4 Å². The Bertz CT molecular complexity index is 298. The third-order valence-corrected chi connectivity index (χ3v) is 1.67. The Morgan fingerprint density at radius 1 is 1.69 bits per heavy atom. The lowest BCUT2D eigenvalue weighted by atomic mass is 9.95. The van der Waals surface area contributed by atoms with Crippen molar-refractivity contribution in [2.45, 2.75) is 18.9 Å². The summed E-state index contributed by atoms with van der Waals surface area (Å²) in [5.41, 5.74) is 5.28. The molecule has 0 radical (unpaired) electrons. The Labute approximate surface area is 75.6 Å². The molecule has 5 nitrogen and oxygen atoms in total. The summed E-state index contributed by atoms with van der Waals surface area (Å²) in [6.45, 7) is 1.62. The van der Waals surface area contributed by atoms with E-state index in [1.165, 1.54) is 18.6 Å². The smallest absolute Gasteiger partial charge is 0.305 e. The van der Waals surface area contributed by atoms with Crippen molar-refractivity contribution in [2.75, 3.05) is 0 Å². The summed E-state index contributed by atoms with van der Waals surface area (Å²) in [6.07, 6.45) is 4.32. The molecule has 0 saturated carbocycles. The first-order chi connectivity index (χ1) is 6.02. The SMILES string of the molecule is CC(N)(CC(=O)O)c1cnccn1. The fraction of sp³-hybridized carbons (Fsp3) is 0.375. The van der Waals surface area contributed by atoms with E-state index in [1.807, 2.05) is 0 Å². The average molecular weight is 181 g/mol. The Balaban J connectivity index is 2.87. The Kier molecular flexibility index (Phi) is 2.57. The summed E-state index contributed by atoms with van der Waals surface area (Å²) < 4.78 is 0. The minimum absolute atomic E-state index is 0.161. The highest BCUT2D eigenvalue weighted by atomic mass is 16.4. The van der Waals surface area contributed by atoms with Gasteiger partial charge in [-0.05, 0) is 6.92 Å². The summed E-state index contributed by atoms with van der Waals surface area (Å²) in [4.78, 5) is 18.2. The number of carbonyl (C=O) groups is 1. The van der Waals surface area contributed by atoms with E-state index in [1.54, 1.807) is 6.92 Å². The molecule has 5 heteroatoms. The lowest BCUT2D eigenvalue weighted by molar-refractivity contribution is -0.138. The second-order valence-electron chi connectivity index (χ2n) is 3.08. The molecule has 0 aliphatic carbocycles. The van der Waals surface area contributed by atoms with E-state index in [2.05, 4.69) is 9.97 Å². The molecule has 3 N–H and O–H groups in total. The molecule has 0 aliphatic rings. The number of nitrogens with zero attached hydrogens (tertiary/aromatic N) is 2. The van der Waals surface area contributed by atoms with Gasteiger partial charge >= 0.3 is 5.97 Å². The first-order valence-electron chi connectivity index (χ1n) is 3.79. The van der Waals surface area contributed by atoms with Gasteiger partial charge in [-0.15, -0.1) is 0 Å². The van der Waals surface area contributed by atoms with Crippen LogP contribution < -0.4 is 5.73 Å². The molecular formula is C8H11N3O2. The topological polar surface area (TPSA) is 89.1 Å². The van der Waals surface area contributed by atoms with Crippen molar-refractivity contribution >= 4 is 5.97 Å². The summed E-state index contributed by atoms with van der Waals surface area (Å²) >= 11 is 0. The maximum absolute atomic E-state index is 10.5. The molecule has 1 aromatic rings. The van der Waals surface area contributed by atoms with Crippen LogP contribution >= 0.6 is 0 Å². The number of aromatic nitrogens is 2. The van der Waals surface area contributed by atoms with E-state index in [0.717, 1.165) is 0 Å². The summed E-state index contributed by atoms with van der Waals surface area (Å²) in [7, 11) is 0. The minimum atomic E-state index is -0.958. The normalized spacial score (nSPS) is 14.9. The van der Waals surface area contributed by atoms with Gasteiger partial charge in [0.15, 0.2) is 0 Å². The van der Waals surface area contributed by atoms with Crippen molar-refractivity contribution in [3.05, 3.63) is 24.3 Å². The molecule has 0 bridgehead atoms. The quantitative estimate of drug-likeness (QED) is 0.691. The second kappa shape index (κ2) is 3.49. The number of rotatable bonds is 3. The van der Waals surface area contributed by atoms with E-state index in [-0.39, 0.29) is 6.42 Å². The maximum atomic E-state index is 10.5. The number of nitrogens with two attached hydrogens (primary N) is 1. The number of carboxylic acid groups (broad SMARTS) is 1. The molecule has 1 heterocycles. The van der Waals surface area contributed by atoms with Crippen molar-refractivity contribution in [3.8, 4) is 0 Å². The standard InChI is InChI=1S/C8H11N3O2/c1-8(9,4-7(12)13)6-5-10-2-3-11-6/h2-3,5H,4,9H2,1H3,(H,12,13). The molecule has 1 rings (SSSR count). The van der Waals surface area contributed by atoms with Crippen molar-refractivity contribution in [1.29, 1.82) is 0 Å². The van der Waals surface area contributed by atoms with E-state index < -0.39 is 11.5 Å². The van der Waals surface area contributed by atoms with E-state index in [4.69, 9.17) is 10.8 Å². The van der Waals surface area contributed by atoms with Gasteiger partial charge in [0.25, 0.3) is 0 Å². The molecule has 0 fully saturated rings. The predicted molar refractivity (Wildman–Crippen MR) is 45.8 cm³/mol. The van der Waals surface area contributed by atoms with Crippen LogP contribution in [0.15, 0.2) is 18.6 Å². The van der Waals surface area contributed by atoms with Crippen molar-refractivity contribution < 1.29 is 9.90 Å². The number of hydrogen-bond acceptors (Lipinski definition) is 4. The molecule has 0 aliphatic heterocycles. The molecule has 1 aromatic heterocycles. The third kappa shape index (κ3) is 2.48. The van der Waals surface area contributed by atoms with E-state index >= 15 is 0 Å². The maximum Gasteiger partial charge on any atom is 0.305 e. The van der Waals surface area contributed by atoms with Gasteiger partial charge in [0.05, 0.1) is 23.9 Å². The minimum Gasteiger partial charge on any atom is -0.481 e. The van der Waals surface area contributed by atoms with Gasteiger partial charge in [0.1, 0.15) is 0 Å². The van der Waals surface area contributed by atoms with Crippen molar-refractivity contribution in [1.82, 2.24) is 9.97 Å². The first kappa shape index (κ1) is 9.60. The van der Waals surface area contributed by atoms with Crippen LogP contribution in [0.3, 0.4) is 0 Å². The third-order valence-electron chi connectivity index (χ3n) is 1.67. The molecule has 13 heavy (non-hydrogen) atoms. The highest BCUT2D eigenvalue weighted by Gasteiger charge is 2.26. The van der Waals surface area contributed by atoms with Crippen LogP contribution in [-0.4, -0.2) is 21.0 Å². The molecule has 0 amide bonds. The van der Waals surface area contributed by atoms with Gasteiger partial charge < -0.3 is 10.8 Å². The Hall–Kier alpha value is -1.49. The van der Waals surface area contributed by atoms with Crippen LogP contribution in [0.1, 0.15) is 19.0 Å². The molecule has 70 valence electrons. The van der Waals surface area contributed by atoms with Gasteiger partial charge in [-0.1, -0.05) is 0 Å². The zero-order valence-electron chi connectivity index (χ0n) is 7.27. The molecule has 0 aromatic carbocycles. The summed E-state index contributed by atoms with van der Waals surface area (Å²) in [5, 5.41) is 8.58. The van der Waals surface area contributed by atoms with Crippen LogP contribution in [0.2, 0.25) is 0 Å². The summed E-state index contributed by atoms with van der Waals surface area (Å²) in [5.74, 6) is -0.948. The first-order valence-corrected chi connectivity index (χ1v) is 3.79. The molecule has 1 unspecified atom stereocenters. The largest absolute Gasteiger partial charge is 0.481 e. The van der Waals surface area contributed by atoms with Gasteiger partial charge in [0.2, 0.25) is 0 Å². The molecule has 1 atom stereocenters. The van der Waals surface area contributed by atoms with Crippen LogP contribution in [0.25, 0.3) is 0 Å². The van der Waals surface area contributed by atoms with Crippen molar-refractivity contribution in [3.63, 3.8) is 0 Å². The van der Waals surface area contributed by atoms with E-state index in [0.29, 0.717) is 5.69 Å². The zero-order chi connectivity index (χ0) is 9.90. The number of hydrogen-bond donors (Lipinski definition) is 2. The zero-order valence-corrected chi connectivity index (χ0v) is 7.27. The van der Waals surface area contributed by atoms with Crippen LogP contribution in [0, 0.1) is 0 Å². The lowest BCUT2D eigenvalue weighted by Gasteiger charge is -2.20. The van der Waals surface area contributed by atoms with Crippen molar-refractivity contribution in [2.24, 2.45) is 5.73 Å². The van der Waals surface area contributed by atoms with Gasteiger partial charge in [-0.2, -0.15) is 0 Å². The Morgan fingerprint density at radius 3 is 2.85 bits per heavy atom. The molecule has 0 spiro atoms. The highest BCUT2D eigenvalue weighted by molar-refractivity contribution is 5.68. The number of aliphatic carboxylic acids is 1.